The molecule has 0 aromatic carbocycles. The molecule has 1 aliphatic rings. The van der Waals surface area contributed by atoms with Gasteiger partial charge in [-0.1, -0.05) is 11.6 Å². The van der Waals surface area contributed by atoms with Gasteiger partial charge in [-0.25, -0.2) is 4.39 Å². The zero-order chi connectivity index (χ0) is 11.5. The van der Waals surface area contributed by atoms with Gasteiger partial charge in [0.15, 0.2) is 0 Å². The fraction of sp³-hybridized carbons (Fsp3) is 0.500. The summed E-state index contributed by atoms with van der Waals surface area (Å²) in [4.78, 5) is 14.4. The van der Waals surface area contributed by atoms with E-state index in [2.05, 4.69) is 15.6 Å². The molecular formula is C10H13ClFN3O. The standard InChI is InChI=1S/C10H13ClFN3O/c11-6-3-9(14-4-6)10(16)15-8-1-2-13-5-7(8)12/h3-4,7-8,13-14H,1-2,5H2,(H,15,16)/t7-,8-/m1/s1. The Morgan fingerprint density at radius 1 is 1.62 bits per heavy atom. The van der Waals surface area contributed by atoms with Gasteiger partial charge in [-0.2, -0.15) is 0 Å². The van der Waals surface area contributed by atoms with E-state index in [0.29, 0.717) is 17.1 Å². The molecular weight excluding hydrogens is 233 g/mol. The average Bonchev–Trinajstić information content (AvgIpc) is 2.68. The van der Waals surface area contributed by atoms with Gasteiger partial charge in [0, 0.05) is 12.7 Å². The molecule has 88 valence electrons. The van der Waals surface area contributed by atoms with Crippen LogP contribution in [0.2, 0.25) is 5.02 Å². The topological polar surface area (TPSA) is 56.9 Å². The summed E-state index contributed by atoms with van der Waals surface area (Å²) in [5.74, 6) is -0.318. The van der Waals surface area contributed by atoms with Crippen molar-refractivity contribution < 1.29 is 9.18 Å². The van der Waals surface area contributed by atoms with Crippen LogP contribution in [0.4, 0.5) is 4.39 Å². The van der Waals surface area contributed by atoms with Crippen LogP contribution in [0, 0.1) is 0 Å². The fourth-order valence-corrected chi connectivity index (χ4v) is 1.89. The summed E-state index contributed by atoms with van der Waals surface area (Å²) in [6.07, 6.45) is 1.08. The molecule has 1 fully saturated rings. The molecule has 0 saturated carbocycles. The molecule has 2 rings (SSSR count). The molecule has 16 heavy (non-hydrogen) atoms. The molecule has 1 saturated heterocycles. The summed E-state index contributed by atoms with van der Waals surface area (Å²) in [6, 6.07) is 1.10. The third-order valence-corrected chi connectivity index (χ3v) is 2.84. The largest absolute Gasteiger partial charge is 0.356 e. The van der Waals surface area contributed by atoms with Gasteiger partial charge in [-0.05, 0) is 19.0 Å². The first-order valence-electron chi connectivity index (χ1n) is 5.16. The summed E-state index contributed by atoms with van der Waals surface area (Å²) in [7, 11) is 0. The molecule has 1 aromatic rings. The average molecular weight is 246 g/mol. The van der Waals surface area contributed by atoms with Gasteiger partial charge >= 0.3 is 0 Å². The molecule has 3 N–H and O–H groups in total. The molecule has 0 bridgehead atoms. The second-order valence-corrected chi connectivity index (χ2v) is 4.26. The lowest BCUT2D eigenvalue weighted by molar-refractivity contribution is 0.0888. The molecule has 0 radical (unpaired) electrons. The molecule has 4 nitrogen and oxygen atoms in total. The SMILES string of the molecule is O=C(N[C@@H]1CCNC[C@H]1F)c1cc(Cl)c[nH]1. The lowest BCUT2D eigenvalue weighted by Gasteiger charge is -2.27. The Morgan fingerprint density at radius 2 is 2.44 bits per heavy atom. The lowest BCUT2D eigenvalue weighted by atomic mass is 10.0. The molecule has 1 aromatic heterocycles. The Balaban J connectivity index is 1.96. The second kappa shape index (κ2) is 4.84. The quantitative estimate of drug-likeness (QED) is 0.731. The van der Waals surface area contributed by atoms with Crippen molar-refractivity contribution in [3.05, 3.63) is 23.0 Å². The van der Waals surface area contributed by atoms with Crippen LogP contribution in [0.1, 0.15) is 16.9 Å². The first-order valence-corrected chi connectivity index (χ1v) is 5.54. The van der Waals surface area contributed by atoms with Gasteiger partial charge < -0.3 is 15.6 Å². The van der Waals surface area contributed by atoms with E-state index >= 15 is 0 Å². The molecule has 6 heteroatoms. The van der Waals surface area contributed by atoms with Crippen molar-refractivity contribution >= 4 is 17.5 Å². The van der Waals surface area contributed by atoms with Gasteiger partial charge in [-0.15, -0.1) is 0 Å². The van der Waals surface area contributed by atoms with Crippen molar-refractivity contribution in [2.75, 3.05) is 13.1 Å². The second-order valence-electron chi connectivity index (χ2n) is 3.82. The number of rotatable bonds is 2. The van der Waals surface area contributed by atoms with E-state index in [-0.39, 0.29) is 12.5 Å². The predicted molar refractivity (Wildman–Crippen MR) is 59.4 cm³/mol. The van der Waals surface area contributed by atoms with Crippen molar-refractivity contribution in [2.24, 2.45) is 0 Å². The first-order chi connectivity index (χ1) is 7.66. The molecule has 0 unspecified atom stereocenters. The monoisotopic (exact) mass is 245 g/mol. The summed E-state index contributed by atoms with van der Waals surface area (Å²) in [5, 5.41) is 6.05. The minimum atomic E-state index is -1.04. The van der Waals surface area contributed by atoms with Crippen molar-refractivity contribution in [3.8, 4) is 0 Å². The number of hydrogen-bond acceptors (Lipinski definition) is 2. The number of piperidine rings is 1. The van der Waals surface area contributed by atoms with Crippen LogP contribution in [0.25, 0.3) is 0 Å². The Hall–Kier alpha value is -1.07. The maximum absolute atomic E-state index is 13.4. The summed E-state index contributed by atoms with van der Waals surface area (Å²) < 4.78 is 13.4. The summed E-state index contributed by atoms with van der Waals surface area (Å²) in [6.45, 7) is 1.01. The third kappa shape index (κ3) is 2.54. The van der Waals surface area contributed by atoms with Crippen LogP contribution < -0.4 is 10.6 Å². The van der Waals surface area contributed by atoms with Gasteiger partial charge in [-0.3, -0.25) is 4.79 Å². The van der Waals surface area contributed by atoms with E-state index in [0.717, 1.165) is 6.54 Å². The molecule has 0 spiro atoms. The number of halogens is 2. The van der Waals surface area contributed by atoms with Gasteiger partial charge in [0.25, 0.3) is 5.91 Å². The molecule has 2 atom stereocenters. The van der Waals surface area contributed by atoms with Gasteiger partial charge in [0.1, 0.15) is 11.9 Å². The van der Waals surface area contributed by atoms with Crippen LogP contribution in [-0.4, -0.2) is 36.2 Å². The van der Waals surface area contributed by atoms with Crippen LogP contribution in [0.15, 0.2) is 12.3 Å². The summed E-state index contributed by atoms with van der Waals surface area (Å²) >= 11 is 5.68. The van der Waals surface area contributed by atoms with Crippen molar-refractivity contribution in [1.29, 1.82) is 0 Å². The number of nitrogens with one attached hydrogen (secondary N) is 3. The Labute approximate surface area is 97.6 Å². The smallest absolute Gasteiger partial charge is 0.268 e. The highest BCUT2D eigenvalue weighted by molar-refractivity contribution is 6.30. The zero-order valence-corrected chi connectivity index (χ0v) is 9.35. The van der Waals surface area contributed by atoms with Crippen LogP contribution in [0.5, 0.6) is 0 Å². The third-order valence-electron chi connectivity index (χ3n) is 2.62. The maximum Gasteiger partial charge on any atom is 0.268 e. The predicted octanol–water partition coefficient (Wildman–Crippen LogP) is 1.10. The summed E-state index contributed by atoms with van der Waals surface area (Å²) in [5.41, 5.74) is 0.357. The highest BCUT2D eigenvalue weighted by atomic mass is 35.5. The number of alkyl halides is 1. The lowest BCUT2D eigenvalue weighted by Crippen LogP contribution is -2.50. The number of carbonyl (C=O) groups is 1. The number of amides is 1. The molecule has 2 heterocycles. The Morgan fingerprint density at radius 3 is 3.06 bits per heavy atom. The number of hydrogen-bond donors (Lipinski definition) is 3. The van der Waals surface area contributed by atoms with Crippen LogP contribution in [0.3, 0.4) is 0 Å². The van der Waals surface area contributed by atoms with E-state index in [4.69, 9.17) is 11.6 Å². The van der Waals surface area contributed by atoms with Crippen molar-refractivity contribution in [3.63, 3.8) is 0 Å². The maximum atomic E-state index is 13.4. The van der Waals surface area contributed by atoms with E-state index in [1.54, 1.807) is 0 Å². The van der Waals surface area contributed by atoms with E-state index in [1.165, 1.54) is 12.3 Å². The molecule has 1 aliphatic heterocycles. The molecule has 1 amide bonds. The minimum Gasteiger partial charge on any atom is -0.356 e. The normalized spacial score (nSPS) is 25.4. The highest BCUT2D eigenvalue weighted by Gasteiger charge is 2.26. The number of aromatic amines is 1. The van der Waals surface area contributed by atoms with E-state index in [9.17, 15) is 9.18 Å². The number of aromatic nitrogens is 1. The minimum absolute atomic E-state index is 0.288. The Kier molecular flexibility index (Phi) is 3.46. The van der Waals surface area contributed by atoms with Crippen molar-refractivity contribution in [1.82, 2.24) is 15.6 Å². The molecule has 0 aliphatic carbocycles. The fourth-order valence-electron chi connectivity index (χ4n) is 1.73. The number of carbonyl (C=O) groups excluding carboxylic acids is 1. The Bertz CT molecular complexity index is 382. The van der Waals surface area contributed by atoms with Crippen LogP contribution >= 0.6 is 11.6 Å². The highest BCUT2D eigenvalue weighted by Crippen LogP contribution is 2.11. The van der Waals surface area contributed by atoms with Crippen molar-refractivity contribution in [2.45, 2.75) is 18.6 Å². The van der Waals surface area contributed by atoms with E-state index < -0.39 is 12.2 Å². The van der Waals surface area contributed by atoms with Gasteiger partial charge in [0.2, 0.25) is 0 Å². The van der Waals surface area contributed by atoms with Gasteiger partial charge in [0.05, 0.1) is 11.1 Å². The zero-order valence-electron chi connectivity index (χ0n) is 8.59. The number of H-pyrrole nitrogens is 1. The van der Waals surface area contributed by atoms with Crippen LogP contribution in [-0.2, 0) is 0 Å². The van der Waals surface area contributed by atoms with E-state index in [1.807, 2.05) is 0 Å². The first kappa shape index (κ1) is 11.4.